The van der Waals surface area contributed by atoms with E-state index in [1.165, 1.54) is 0 Å². The van der Waals surface area contributed by atoms with E-state index in [9.17, 15) is 4.79 Å². The SMILES string of the molecule is O=C(C1CC1)N1CCCN(c2ccc3nncn3n2)CC1. The average Bonchev–Trinajstić information content (AvgIpc) is 3.29. The molecule has 21 heavy (non-hydrogen) atoms. The van der Waals surface area contributed by atoms with Crippen LogP contribution in [-0.2, 0) is 4.79 Å². The van der Waals surface area contributed by atoms with Crippen molar-refractivity contribution in [3.8, 4) is 0 Å². The standard InChI is InChI=1S/C14H18N6O/c21-14(11-2-3-11)19-7-1-6-18(8-9-19)13-5-4-12-16-15-10-20(12)17-13/h4-5,10-11H,1-3,6-9H2. The molecule has 0 bridgehead atoms. The van der Waals surface area contributed by atoms with Gasteiger partial charge in [-0.25, -0.2) is 0 Å². The smallest absolute Gasteiger partial charge is 0.225 e. The zero-order valence-corrected chi connectivity index (χ0v) is 11.9. The van der Waals surface area contributed by atoms with E-state index in [1.54, 1.807) is 10.8 Å². The lowest BCUT2D eigenvalue weighted by atomic mass is 10.3. The minimum Gasteiger partial charge on any atom is -0.353 e. The lowest BCUT2D eigenvalue weighted by molar-refractivity contribution is -0.132. The Morgan fingerprint density at radius 1 is 1.14 bits per heavy atom. The van der Waals surface area contributed by atoms with Gasteiger partial charge in [-0.2, -0.15) is 4.52 Å². The molecule has 0 radical (unpaired) electrons. The second kappa shape index (κ2) is 4.98. The number of anilines is 1. The molecule has 2 fully saturated rings. The summed E-state index contributed by atoms with van der Waals surface area (Å²) in [7, 11) is 0. The Labute approximate surface area is 122 Å². The highest BCUT2D eigenvalue weighted by Gasteiger charge is 2.34. The predicted octanol–water partition coefficient (Wildman–Crippen LogP) is 0.573. The van der Waals surface area contributed by atoms with Crippen LogP contribution in [-0.4, -0.2) is 56.8 Å². The van der Waals surface area contributed by atoms with Gasteiger partial charge in [0.15, 0.2) is 5.65 Å². The second-order valence-corrected chi connectivity index (χ2v) is 5.77. The van der Waals surface area contributed by atoms with Crippen LogP contribution in [0.2, 0.25) is 0 Å². The van der Waals surface area contributed by atoms with Crippen molar-refractivity contribution < 1.29 is 4.79 Å². The maximum Gasteiger partial charge on any atom is 0.225 e. The summed E-state index contributed by atoms with van der Waals surface area (Å²) in [6.07, 6.45) is 4.75. The van der Waals surface area contributed by atoms with Gasteiger partial charge < -0.3 is 9.80 Å². The van der Waals surface area contributed by atoms with E-state index >= 15 is 0 Å². The maximum atomic E-state index is 12.2. The Bertz CT molecular complexity index is 664. The van der Waals surface area contributed by atoms with Gasteiger partial charge in [-0.15, -0.1) is 15.3 Å². The van der Waals surface area contributed by atoms with E-state index in [0.717, 1.165) is 56.9 Å². The van der Waals surface area contributed by atoms with Gasteiger partial charge in [-0.05, 0) is 31.4 Å². The van der Waals surface area contributed by atoms with Crippen molar-refractivity contribution in [2.24, 2.45) is 5.92 Å². The third kappa shape index (κ3) is 2.43. The maximum absolute atomic E-state index is 12.2. The lowest BCUT2D eigenvalue weighted by Crippen LogP contribution is -2.36. The van der Waals surface area contributed by atoms with Crippen LogP contribution in [0.5, 0.6) is 0 Å². The Kier molecular flexibility index (Phi) is 2.98. The monoisotopic (exact) mass is 286 g/mol. The lowest BCUT2D eigenvalue weighted by Gasteiger charge is -2.22. The van der Waals surface area contributed by atoms with E-state index in [0.29, 0.717) is 11.8 Å². The summed E-state index contributed by atoms with van der Waals surface area (Å²) in [5, 5.41) is 12.3. The quantitative estimate of drug-likeness (QED) is 0.807. The van der Waals surface area contributed by atoms with Crippen molar-refractivity contribution >= 4 is 17.4 Å². The van der Waals surface area contributed by atoms with E-state index in [2.05, 4.69) is 20.2 Å². The molecule has 2 aromatic rings. The average molecular weight is 286 g/mol. The molecule has 7 nitrogen and oxygen atoms in total. The molecule has 0 atom stereocenters. The normalized spacial score (nSPS) is 19.8. The van der Waals surface area contributed by atoms with Crippen molar-refractivity contribution in [1.82, 2.24) is 24.7 Å². The van der Waals surface area contributed by atoms with Gasteiger partial charge in [-0.3, -0.25) is 4.79 Å². The van der Waals surface area contributed by atoms with Gasteiger partial charge in [0.2, 0.25) is 5.91 Å². The first kappa shape index (κ1) is 12.6. The van der Waals surface area contributed by atoms with E-state index in [1.807, 2.05) is 17.0 Å². The van der Waals surface area contributed by atoms with Crippen LogP contribution >= 0.6 is 0 Å². The fourth-order valence-corrected chi connectivity index (χ4v) is 2.84. The first-order valence-electron chi connectivity index (χ1n) is 7.52. The fourth-order valence-electron chi connectivity index (χ4n) is 2.84. The topological polar surface area (TPSA) is 66.6 Å². The van der Waals surface area contributed by atoms with Crippen LogP contribution in [0.1, 0.15) is 19.3 Å². The second-order valence-electron chi connectivity index (χ2n) is 5.77. The Morgan fingerprint density at radius 3 is 2.90 bits per heavy atom. The Balaban J connectivity index is 1.49. The zero-order chi connectivity index (χ0) is 14.2. The molecule has 110 valence electrons. The minimum atomic E-state index is 0.308. The molecule has 0 aromatic carbocycles. The molecule has 1 aliphatic carbocycles. The summed E-state index contributed by atoms with van der Waals surface area (Å²) in [4.78, 5) is 16.4. The van der Waals surface area contributed by atoms with Crippen LogP contribution in [0.4, 0.5) is 5.82 Å². The van der Waals surface area contributed by atoms with Crippen LogP contribution in [0, 0.1) is 5.92 Å². The molecule has 2 aliphatic rings. The molecular weight excluding hydrogens is 268 g/mol. The summed E-state index contributed by atoms with van der Waals surface area (Å²) >= 11 is 0. The molecule has 2 aromatic heterocycles. The van der Waals surface area contributed by atoms with Gasteiger partial charge in [0, 0.05) is 32.1 Å². The number of nitrogens with zero attached hydrogens (tertiary/aromatic N) is 6. The van der Waals surface area contributed by atoms with Gasteiger partial charge in [0.25, 0.3) is 0 Å². The van der Waals surface area contributed by atoms with Gasteiger partial charge in [0.1, 0.15) is 12.1 Å². The van der Waals surface area contributed by atoms with E-state index in [4.69, 9.17) is 0 Å². The first-order valence-corrected chi connectivity index (χ1v) is 7.52. The number of rotatable bonds is 2. The molecule has 1 saturated carbocycles. The van der Waals surface area contributed by atoms with Crippen molar-refractivity contribution in [3.63, 3.8) is 0 Å². The van der Waals surface area contributed by atoms with Gasteiger partial charge >= 0.3 is 0 Å². The highest BCUT2D eigenvalue weighted by atomic mass is 16.2. The van der Waals surface area contributed by atoms with Crippen LogP contribution in [0.25, 0.3) is 5.65 Å². The molecule has 0 N–H and O–H groups in total. The summed E-state index contributed by atoms with van der Waals surface area (Å²) in [6, 6.07) is 3.90. The molecule has 4 rings (SSSR count). The predicted molar refractivity (Wildman–Crippen MR) is 76.9 cm³/mol. The summed E-state index contributed by atoms with van der Waals surface area (Å²) in [5.74, 6) is 1.57. The van der Waals surface area contributed by atoms with Gasteiger partial charge in [-0.1, -0.05) is 0 Å². The number of hydrogen-bond acceptors (Lipinski definition) is 5. The van der Waals surface area contributed by atoms with Crippen molar-refractivity contribution in [3.05, 3.63) is 18.5 Å². The minimum absolute atomic E-state index is 0.308. The molecule has 0 spiro atoms. The van der Waals surface area contributed by atoms with Crippen LogP contribution < -0.4 is 4.90 Å². The van der Waals surface area contributed by atoms with Crippen molar-refractivity contribution in [2.75, 3.05) is 31.1 Å². The number of hydrogen-bond donors (Lipinski definition) is 0. The number of carbonyl (C=O) groups excluding carboxylic acids is 1. The molecule has 0 unspecified atom stereocenters. The molecule has 1 aliphatic heterocycles. The van der Waals surface area contributed by atoms with Crippen molar-refractivity contribution in [1.29, 1.82) is 0 Å². The number of amides is 1. The first-order chi connectivity index (χ1) is 10.3. The number of aromatic nitrogens is 4. The molecule has 7 heteroatoms. The largest absolute Gasteiger partial charge is 0.353 e. The highest BCUT2D eigenvalue weighted by Crippen LogP contribution is 2.31. The number of fused-ring (bicyclic) bond motifs is 1. The molecular formula is C14H18N6O. The third-order valence-electron chi connectivity index (χ3n) is 4.21. The van der Waals surface area contributed by atoms with Gasteiger partial charge in [0.05, 0.1) is 0 Å². The summed E-state index contributed by atoms with van der Waals surface area (Å²) in [6.45, 7) is 3.41. The van der Waals surface area contributed by atoms with E-state index < -0.39 is 0 Å². The molecule has 1 saturated heterocycles. The zero-order valence-electron chi connectivity index (χ0n) is 11.9. The fraction of sp³-hybridized carbons (Fsp3) is 0.571. The number of carbonyl (C=O) groups is 1. The highest BCUT2D eigenvalue weighted by molar-refractivity contribution is 5.81. The summed E-state index contributed by atoms with van der Waals surface area (Å²) in [5.41, 5.74) is 0.749. The van der Waals surface area contributed by atoms with Crippen molar-refractivity contribution in [2.45, 2.75) is 19.3 Å². The Hall–Kier alpha value is -2.18. The molecule has 3 heterocycles. The summed E-state index contributed by atoms with van der Waals surface area (Å²) < 4.78 is 1.69. The Morgan fingerprint density at radius 2 is 2.05 bits per heavy atom. The van der Waals surface area contributed by atoms with E-state index in [-0.39, 0.29) is 0 Å². The third-order valence-corrected chi connectivity index (χ3v) is 4.21. The van der Waals surface area contributed by atoms with Crippen LogP contribution in [0.15, 0.2) is 18.5 Å². The molecule has 1 amide bonds. The van der Waals surface area contributed by atoms with Crippen LogP contribution in [0.3, 0.4) is 0 Å².